The normalized spacial score (nSPS) is 20.4. The summed E-state index contributed by atoms with van der Waals surface area (Å²) in [5.74, 6) is 0.297. The maximum atomic E-state index is 13.9. The lowest BCUT2D eigenvalue weighted by molar-refractivity contribution is -0.147. The molecular formula is C52H62N8O8. The molecule has 4 amide bonds. The van der Waals surface area contributed by atoms with Crippen LogP contribution in [0.5, 0.6) is 0 Å². The van der Waals surface area contributed by atoms with Crippen molar-refractivity contribution in [2.45, 2.75) is 115 Å². The van der Waals surface area contributed by atoms with E-state index in [1.165, 1.54) is 47.6 Å². The molecular weight excluding hydrogens is 865 g/mol. The monoisotopic (exact) mass is 926 g/mol. The van der Waals surface area contributed by atoms with Gasteiger partial charge in [-0.05, 0) is 119 Å². The first kappa shape index (κ1) is 45.5. The number of aromatic nitrogens is 4. The van der Waals surface area contributed by atoms with Gasteiger partial charge in [-0.15, -0.1) is 0 Å². The minimum absolute atomic E-state index is 0.119. The molecule has 5 heterocycles. The Balaban J connectivity index is 0.964. The zero-order valence-corrected chi connectivity index (χ0v) is 39.8. The van der Waals surface area contributed by atoms with Gasteiger partial charge in [-0.1, -0.05) is 52.0 Å². The van der Waals surface area contributed by atoms with Crippen molar-refractivity contribution in [2.75, 3.05) is 40.5 Å². The molecule has 0 bridgehead atoms. The number of benzene rings is 3. The predicted octanol–water partition coefficient (Wildman–Crippen LogP) is 7.71. The van der Waals surface area contributed by atoms with Crippen LogP contribution >= 0.6 is 0 Å². The average Bonchev–Trinajstić information content (AvgIpc) is 4.19. The van der Waals surface area contributed by atoms with Crippen LogP contribution in [0.3, 0.4) is 0 Å². The number of amides is 4. The van der Waals surface area contributed by atoms with E-state index in [4.69, 9.17) is 28.9 Å². The molecule has 358 valence electrons. The number of H-pyrrole nitrogens is 2. The average molecular weight is 927 g/mol. The van der Waals surface area contributed by atoms with Gasteiger partial charge in [-0.3, -0.25) is 9.59 Å². The maximum Gasteiger partial charge on any atom is 0.407 e. The summed E-state index contributed by atoms with van der Waals surface area (Å²) in [6.45, 7) is 9.99. The zero-order valence-electron chi connectivity index (χ0n) is 39.8. The van der Waals surface area contributed by atoms with E-state index in [0.717, 1.165) is 90.0 Å². The van der Waals surface area contributed by atoms with Crippen molar-refractivity contribution in [2.24, 2.45) is 11.8 Å². The lowest BCUT2D eigenvalue weighted by atomic mass is 9.87. The molecule has 3 aliphatic heterocycles. The second kappa shape index (κ2) is 18.3. The molecule has 3 aromatic carbocycles. The van der Waals surface area contributed by atoms with Gasteiger partial charge in [0.2, 0.25) is 11.8 Å². The number of nitrogens with zero attached hydrogens (tertiary/aromatic N) is 4. The van der Waals surface area contributed by atoms with Crippen LogP contribution in [-0.4, -0.2) is 112 Å². The maximum absolute atomic E-state index is 13.9. The number of likely N-dealkylation sites (tertiary alicyclic amines) is 2. The van der Waals surface area contributed by atoms with Crippen LogP contribution in [-0.2, 0) is 54.2 Å². The number of nitrogens with one attached hydrogen (secondary N) is 4. The van der Waals surface area contributed by atoms with E-state index in [9.17, 15) is 19.2 Å². The second-order valence-electron chi connectivity index (χ2n) is 19.7. The van der Waals surface area contributed by atoms with Crippen molar-refractivity contribution >= 4 is 35.0 Å². The Hall–Kier alpha value is -6.26. The van der Waals surface area contributed by atoms with Gasteiger partial charge in [0.15, 0.2) is 5.79 Å². The minimum Gasteiger partial charge on any atom is -0.453 e. The van der Waals surface area contributed by atoms with Gasteiger partial charge in [0.05, 0.1) is 62.4 Å². The van der Waals surface area contributed by atoms with Gasteiger partial charge < -0.3 is 49.3 Å². The van der Waals surface area contributed by atoms with Crippen LogP contribution in [0.25, 0.3) is 44.5 Å². The van der Waals surface area contributed by atoms with Gasteiger partial charge in [0.1, 0.15) is 23.7 Å². The summed E-state index contributed by atoms with van der Waals surface area (Å²) in [7, 11) is 2.60. The molecule has 0 radical (unpaired) electrons. The highest BCUT2D eigenvalue weighted by Crippen LogP contribution is 2.47. The van der Waals surface area contributed by atoms with Crippen LogP contribution in [0.4, 0.5) is 9.59 Å². The number of ether oxygens (including phenoxy) is 4. The molecule has 4 N–H and O–H groups in total. The highest BCUT2D eigenvalue weighted by Gasteiger charge is 2.45. The van der Waals surface area contributed by atoms with Crippen molar-refractivity contribution in [3.63, 3.8) is 0 Å². The number of imidazole rings is 2. The van der Waals surface area contributed by atoms with Gasteiger partial charge in [0, 0.05) is 31.5 Å². The Morgan fingerprint density at radius 3 is 1.96 bits per heavy atom. The van der Waals surface area contributed by atoms with E-state index in [2.05, 4.69) is 57.0 Å². The van der Waals surface area contributed by atoms with Gasteiger partial charge in [0.25, 0.3) is 0 Å². The largest absolute Gasteiger partial charge is 0.453 e. The van der Waals surface area contributed by atoms with Crippen LogP contribution in [0.1, 0.15) is 106 Å². The molecule has 5 aromatic rings. The number of methoxy groups -OCH3 is 2. The topological polar surface area (TPSA) is 193 Å². The molecule has 3 fully saturated rings. The van der Waals surface area contributed by atoms with Gasteiger partial charge >= 0.3 is 12.2 Å². The molecule has 3 saturated heterocycles. The first-order valence-corrected chi connectivity index (χ1v) is 24.3. The van der Waals surface area contributed by atoms with E-state index >= 15 is 0 Å². The first-order valence-electron chi connectivity index (χ1n) is 24.3. The lowest BCUT2D eigenvalue weighted by Crippen LogP contribution is -2.51. The number of hydrogen-bond acceptors (Lipinski definition) is 10. The van der Waals surface area contributed by atoms with E-state index in [0.29, 0.717) is 39.1 Å². The van der Waals surface area contributed by atoms with E-state index in [1.807, 2.05) is 49.8 Å². The number of carbonyl (C=O) groups excluding carboxylic acids is 4. The first-order chi connectivity index (χ1) is 32.8. The van der Waals surface area contributed by atoms with E-state index in [-0.39, 0.29) is 35.7 Å². The van der Waals surface area contributed by atoms with Crippen LogP contribution < -0.4 is 10.6 Å². The number of alkyl carbamates (subject to hydrolysis) is 2. The van der Waals surface area contributed by atoms with E-state index in [1.54, 1.807) is 0 Å². The fourth-order valence-corrected chi connectivity index (χ4v) is 11.4. The highest BCUT2D eigenvalue weighted by atomic mass is 16.7. The SMILES string of the molecule is COC(=O)N[C@H](C(=O)N1CCC[C@H]1c1ncc(-c2ccc(-c3cc(-c4ccc5nc([C@@H]6CCCN6C(=O)[C@@H](NC(=O)OC)C(C)C)[nH]c5c4)cc4c3CC3(C4)OCCO3)c3c2CCC3)[nH]1)C(C)C. The van der Waals surface area contributed by atoms with Crippen LogP contribution in [0, 0.1) is 11.8 Å². The molecule has 68 heavy (non-hydrogen) atoms. The molecule has 2 aliphatic carbocycles. The van der Waals surface area contributed by atoms with Crippen molar-refractivity contribution in [1.82, 2.24) is 40.4 Å². The summed E-state index contributed by atoms with van der Waals surface area (Å²) in [4.78, 5) is 72.9. The minimum atomic E-state index is -0.711. The third-order valence-corrected chi connectivity index (χ3v) is 14.8. The summed E-state index contributed by atoms with van der Waals surface area (Å²) < 4.78 is 22.3. The molecule has 16 nitrogen and oxygen atoms in total. The fraction of sp³-hybridized carbons (Fsp3) is 0.500. The predicted molar refractivity (Wildman–Crippen MR) is 254 cm³/mol. The van der Waals surface area contributed by atoms with Crippen molar-refractivity contribution < 1.29 is 38.1 Å². The third kappa shape index (κ3) is 8.28. The van der Waals surface area contributed by atoms with Crippen molar-refractivity contribution in [3.8, 4) is 33.5 Å². The van der Waals surface area contributed by atoms with Crippen molar-refractivity contribution in [3.05, 3.63) is 82.6 Å². The Bertz CT molecular complexity index is 2770. The van der Waals surface area contributed by atoms with E-state index < -0.39 is 30.1 Å². The third-order valence-electron chi connectivity index (χ3n) is 14.8. The fourth-order valence-electron chi connectivity index (χ4n) is 11.4. The van der Waals surface area contributed by atoms with Crippen molar-refractivity contribution in [1.29, 1.82) is 0 Å². The zero-order chi connectivity index (χ0) is 47.4. The Morgan fingerprint density at radius 1 is 0.706 bits per heavy atom. The standard InChI is InChI=1S/C52H62N8O8/c1-28(2)44(57-50(63)65-5)48(61)59-18-8-12-42(59)46-53-27-41(56-46)36-16-15-35(33-10-7-11-34(33)36)37-23-31(22-32-25-52(26-38(32)37)67-20-21-68-52)30-14-17-39-40(24-30)55-47(54-39)43-13-9-19-60(43)49(62)45(29(3)4)58-51(64)66-6/h14-17,22-24,27-29,42-45H,7-13,18-21,25-26H2,1-6H3,(H,53,56)(H,54,55)(H,57,63)(H,58,64)/t42-,43-,44-,45-/m0/s1. The second-order valence-corrected chi connectivity index (χ2v) is 19.7. The number of hydrogen-bond donors (Lipinski definition) is 4. The van der Waals surface area contributed by atoms with Crippen LogP contribution in [0.2, 0.25) is 0 Å². The molecule has 5 aliphatic rings. The smallest absolute Gasteiger partial charge is 0.407 e. The number of carbonyl (C=O) groups is 4. The van der Waals surface area contributed by atoms with Gasteiger partial charge in [-0.25, -0.2) is 19.6 Å². The molecule has 16 heteroatoms. The summed E-state index contributed by atoms with van der Waals surface area (Å²) in [5, 5.41) is 5.48. The lowest BCUT2D eigenvalue weighted by Gasteiger charge is -2.30. The van der Waals surface area contributed by atoms with Crippen LogP contribution in [0.15, 0.2) is 48.7 Å². The quantitative estimate of drug-likeness (QED) is 0.102. The summed E-state index contributed by atoms with van der Waals surface area (Å²) in [5.41, 5.74) is 13.4. The Labute approximate surface area is 396 Å². The molecule has 4 atom stereocenters. The summed E-state index contributed by atoms with van der Waals surface area (Å²) >= 11 is 0. The number of rotatable bonds is 11. The molecule has 2 aromatic heterocycles. The Kier molecular flexibility index (Phi) is 12.3. The Morgan fingerprint density at radius 2 is 1.32 bits per heavy atom. The summed E-state index contributed by atoms with van der Waals surface area (Å²) in [6, 6.07) is 13.6. The van der Waals surface area contributed by atoms with Gasteiger partial charge in [-0.2, -0.15) is 0 Å². The molecule has 0 unspecified atom stereocenters. The molecule has 0 saturated carbocycles. The molecule has 10 rings (SSSR count). The summed E-state index contributed by atoms with van der Waals surface area (Å²) in [6.07, 6.45) is 8.15. The number of aromatic amines is 2. The highest BCUT2D eigenvalue weighted by molar-refractivity contribution is 5.89. The molecule has 1 spiro atoms. The number of fused-ring (bicyclic) bond motifs is 3.